The molecule has 0 bridgehead atoms. The van der Waals surface area contributed by atoms with Crippen molar-refractivity contribution in [1.82, 2.24) is 20.9 Å². The number of nitrogens with one attached hydrogen (secondary N) is 4. The van der Waals surface area contributed by atoms with E-state index < -0.39 is 41.9 Å². The van der Waals surface area contributed by atoms with Gasteiger partial charge in [-0.15, -0.1) is 0 Å². The Hall–Kier alpha value is -4.75. The molecule has 2 atom stereocenters. The van der Waals surface area contributed by atoms with Crippen molar-refractivity contribution in [3.63, 3.8) is 0 Å². The number of unbranched alkanes of at least 4 members (excludes halogenated alkanes) is 2. The van der Waals surface area contributed by atoms with Gasteiger partial charge in [0.1, 0.15) is 18.7 Å². The summed E-state index contributed by atoms with van der Waals surface area (Å²) < 4.78 is 4.47. The van der Waals surface area contributed by atoms with Gasteiger partial charge in [0.05, 0.1) is 6.54 Å². The van der Waals surface area contributed by atoms with Gasteiger partial charge in [-0.3, -0.25) is 33.7 Å². The van der Waals surface area contributed by atoms with E-state index in [1.807, 2.05) is 13.8 Å². The number of carboxylic acid groups (broad SMARTS) is 1. The van der Waals surface area contributed by atoms with Gasteiger partial charge < -0.3 is 31.1 Å². The lowest BCUT2D eigenvalue weighted by Gasteiger charge is -2.22. The second-order valence-electron chi connectivity index (χ2n) is 10.4. The van der Waals surface area contributed by atoms with Crippen LogP contribution in [-0.2, 0) is 40.1 Å². The van der Waals surface area contributed by atoms with Gasteiger partial charge >= 0.3 is 6.16 Å². The number of amides is 6. The van der Waals surface area contributed by atoms with Gasteiger partial charge in [-0.05, 0) is 62.8 Å². The summed E-state index contributed by atoms with van der Waals surface area (Å²) in [5.74, 6) is -2.30. The van der Waals surface area contributed by atoms with Crippen LogP contribution in [0.3, 0.4) is 0 Å². The Morgan fingerprint density at radius 3 is 2.20 bits per heavy atom. The Labute approximate surface area is 256 Å². The molecule has 2 unspecified atom stereocenters. The topological polar surface area (TPSA) is 200 Å². The maximum Gasteiger partial charge on any atom is 0.506 e. The number of allylic oxidation sites excluding steroid dienone is 1. The van der Waals surface area contributed by atoms with E-state index in [-0.39, 0.29) is 37.9 Å². The summed E-state index contributed by atoms with van der Waals surface area (Å²) in [5, 5.41) is 18.9. The van der Waals surface area contributed by atoms with Gasteiger partial charge in [-0.2, -0.15) is 0 Å². The van der Waals surface area contributed by atoms with E-state index in [2.05, 4.69) is 26.0 Å². The molecule has 242 valence electrons. The van der Waals surface area contributed by atoms with Crippen molar-refractivity contribution in [3.8, 4) is 0 Å². The zero-order chi connectivity index (χ0) is 33.1. The number of rotatable bonds is 19. The molecule has 1 rings (SSSR count). The molecule has 0 aromatic heterocycles. The SMILES string of the molecule is C/C=C\C(=O)N(C=O)CCCCCC(=O)NC(CC(C)C)C(=O)NC(C)C(=O)NCC(=O)Nc1ccc(COC(=O)O)cc1. The summed E-state index contributed by atoms with van der Waals surface area (Å²) in [6, 6.07) is 4.43. The number of carbonyl (C=O) groups excluding carboxylic acids is 6. The first kappa shape index (κ1) is 37.3. The van der Waals surface area contributed by atoms with Crippen LogP contribution in [0.1, 0.15) is 65.4 Å². The molecule has 0 aliphatic rings. The molecule has 5 N–H and O–H groups in total. The van der Waals surface area contributed by atoms with Crippen molar-refractivity contribution in [2.24, 2.45) is 5.92 Å². The number of anilines is 1. The number of nitrogens with zero attached hydrogens (tertiary/aromatic N) is 1. The number of benzene rings is 1. The van der Waals surface area contributed by atoms with Crippen molar-refractivity contribution in [3.05, 3.63) is 42.0 Å². The predicted octanol–water partition coefficient (Wildman–Crippen LogP) is 2.09. The summed E-state index contributed by atoms with van der Waals surface area (Å²) in [7, 11) is 0. The van der Waals surface area contributed by atoms with E-state index in [4.69, 9.17) is 5.11 Å². The molecule has 0 fully saturated rings. The van der Waals surface area contributed by atoms with Gasteiger partial charge in [-0.1, -0.05) is 38.5 Å². The molecular formula is C30H43N5O9. The number of imide groups is 1. The van der Waals surface area contributed by atoms with Gasteiger partial charge in [-0.25, -0.2) is 4.79 Å². The number of hydrogen-bond acceptors (Lipinski definition) is 8. The van der Waals surface area contributed by atoms with Gasteiger partial charge in [0.15, 0.2) is 0 Å². The van der Waals surface area contributed by atoms with E-state index >= 15 is 0 Å². The van der Waals surface area contributed by atoms with Gasteiger partial charge in [0.2, 0.25) is 30.0 Å². The first-order valence-electron chi connectivity index (χ1n) is 14.4. The minimum Gasteiger partial charge on any atom is -0.450 e. The Bertz CT molecular complexity index is 1170. The normalized spacial score (nSPS) is 12.1. The Morgan fingerprint density at radius 1 is 0.932 bits per heavy atom. The van der Waals surface area contributed by atoms with E-state index in [0.717, 1.165) is 4.90 Å². The zero-order valence-corrected chi connectivity index (χ0v) is 25.6. The molecule has 1 aromatic rings. The summed E-state index contributed by atoms with van der Waals surface area (Å²) >= 11 is 0. The maximum absolute atomic E-state index is 12.9. The lowest BCUT2D eigenvalue weighted by atomic mass is 10.0. The van der Waals surface area contributed by atoms with Crippen molar-refractivity contribution in [2.75, 3.05) is 18.4 Å². The number of carbonyl (C=O) groups is 7. The van der Waals surface area contributed by atoms with Gasteiger partial charge in [0, 0.05) is 18.7 Å². The predicted molar refractivity (Wildman–Crippen MR) is 161 cm³/mol. The molecule has 14 heteroatoms. The van der Waals surface area contributed by atoms with Crippen molar-refractivity contribution in [1.29, 1.82) is 0 Å². The average molecular weight is 618 g/mol. The van der Waals surface area contributed by atoms with Gasteiger partial charge in [0.25, 0.3) is 5.91 Å². The van der Waals surface area contributed by atoms with Crippen LogP contribution < -0.4 is 21.3 Å². The van der Waals surface area contributed by atoms with Crippen molar-refractivity contribution >= 4 is 47.8 Å². The van der Waals surface area contributed by atoms with Crippen molar-refractivity contribution < 1.29 is 43.4 Å². The van der Waals surface area contributed by atoms with Crippen LogP contribution in [0.15, 0.2) is 36.4 Å². The van der Waals surface area contributed by atoms with E-state index in [9.17, 15) is 33.6 Å². The molecule has 14 nitrogen and oxygen atoms in total. The highest BCUT2D eigenvalue weighted by molar-refractivity contribution is 5.96. The van der Waals surface area contributed by atoms with Crippen LogP contribution in [0.4, 0.5) is 10.5 Å². The molecule has 0 aliphatic carbocycles. The highest BCUT2D eigenvalue weighted by atomic mass is 16.7. The molecule has 44 heavy (non-hydrogen) atoms. The quantitative estimate of drug-likeness (QED) is 0.0667. The third-order valence-corrected chi connectivity index (χ3v) is 6.16. The fourth-order valence-electron chi connectivity index (χ4n) is 3.90. The van der Waals surface area contributed by atoms with Crippen LogP contribution in [0.25, 0.3) is 0 Å². The third-order valence-electron chi connectivity index (χ3n) is 6.16. The Kier molecular flexibility index (Phi) is 17.1. The van der Waals surface area contributed by atoms with Crippen LogP contribution in [-0.4, -0.2) is 77.3 Å². The monoisotopic (exact) mass is 617 g/mol. The fraction of sp³-hybridized carbons (Fsp3) is 0.500. The summed E-state index contributed by atoms with van der Waals surface area (Å²) in [6.45, 7) is 6.68. The molecule has 1 aromatic carbocycles. The fourth-order valence-corrected chi connectivity index (χ4v) is 3.90. The van der Waals surface area contributed by atoms with Crippen LogP contribution >= 0.6 is 0 Å². The Balaban J connectivity index is 2.50. The van der Waals surface area contributed by atoms with Crippen molar-refractivity contribution in [2.45, 2.75) is 78.5 Å². The lowest BCUT2D eigenvalue weighted by molar-refractivity contribution is -0.134. The zero-order valence-electron chi connectivity index (χ0n) is 25.6. The molecule has 0 radical (unpaired) electrons. The largest absolute Gasteiger partial charge is 0.506 e. The summed E-state index contributed by atoms with van der Waals surface area (Å²) in [4.78, 5) is 84.6. The van der Waals surface area contributed by atoms with Crippen LogP contribution in [0, 0.1) is 5.92 Å². The summed E-state index contributed by atoms with van der Waals surface area (Å²) in [5.41, 5.74) is 1.02. The minimum absolute atomic E-state index is 0.0710. The summed E-state index contributed by atoms with van der Waals surface area (Å²) in [6.07, 6.45) is 4.05. The first-order chi connectivity index (χ1) is 20.9. The average Bonchev–Trinajstić information content (AvgIpc) is 2.96. The lowest BCUT2D eigenvalue weighted by Crippen LogP contribution is -2.53. The molecule has 0 saturated carbocycles. The molecular weight excluding hydrogens is 574 g/mol. The molecule has 0 saturated heterocycles. The van der Waals surface area contributed by atoms with Crippen LogP contribution in [0.5, 0.6) is 0 Å². The van der Waals surface area contributed by atoms with E-state index in [1.165, 1.54) is 13.0 Å². The minimum atomic E-state index is -1.40. The third kappa shape index (κ3) is 15.5. The number of ether oxygens (including phenoxy) is 1. The second kappa shape index (κ2) is 20.2. The maximum atomic E-state index is 12.9. The molecule has 6 amide bonds. The molecule has 0 spiro atoms. The highest BCUT2D eigenvalue weighted by Gasteiger charge is 2.25. The first-order valence-corrected chi connectivity index (χ1v) is 14.4. The molecule has 0 aliphatic heterocycles. The second-order valence-corrected chi connectivity index (χ2v) is 10.4. The van der Waals surface area contributed by atoms with E-state index in [0.29, 0.717) is 43.3 Å². The Morgan fingerprint density at radius 2 is 1.61 bits per heavy atom. The number of hydrogen-bond donors (Lipinski definition) is 5. The molecule has 0 heterocycles. The highest BCUT2D eigenvalue weighted by Crippen LogP contribution is 2.11. The van der Waals surface area contributed by atoms with Crippen LogP contribution in [0.2, 0.25) is 0 Å². The smallest absolute Gasteiger partial charge is 0.450 e. The van der Waals surface area contributed by atoms with E-state index in [1.54, 1.807) is 37.3 Å². The standard InChI is InChI=1S/C30H43N5O9/c1-5-9-27(39)35(19-36)15-8-6-7-10-25(37)34-24(16-20(2)3)29(41)32-21(4)28(40)31-17-26(38)33-23-13-11-22(12-14-23)18-44-30(42)43/h5,9,11-14,19-21,24H,6-8,10,15-18H2,1-4H3,(H,31,40)(H,32,41)(H,33,38)(H,34,37)(H,42,43)/b9-5-.